The summed E-state index contributed by atoms with van der Waals surface area (Å²) in [5.41, 5.74) is 6.30. The first kappa shape index (κ1) is 17.3. The average Bonchev–Trinajstić information content (AvgIpc) is 2.68. The Morgan fingerprint density at radius 3 is 2.26 bits per heavy atom. The van der Waals surface area contributed by atoms with Gasteiger partial charge in [-0.15, -0.1) is 0 Å². The highest BCUT2D eigenvalue weighted by molar-refractivity contribution is 6.08. The van der Waals surface area contributed by atoms with Crippen LogP contribution in [0.15, 0.2) is 84.9 Å². The first-order valence-corrected chi connectivity index (χ1v) is 9.30. The number of hydrogen-bond donors (Lipinski definition) is 1. The maximum Gasteiger partial charge on any atom is 0.187 e. The number of hydrogen-bond acceptors (Lipinski definition) is 2. The van der Waals surface area contributed by atoms with Crippen LogP contribution in [-0.4, -0.2) is 11.3 Å². The van der Waals surface area contributed by atoms with Gasteiger partial charge in [-0.1, -0.05) is 78.9 Å². The van der Waals surface area contributed by atoms with Crippen molar-refractivity contribution in [2.24, 2.45) is 0 Å². The van der Waals surface area contributed by atoms with E-state index in [1.165, 1.54) is 16.7 Å². The van der Waals surface area contributed by atoms with E-state index in [2.05, 4.69) is 61.6 Å². The molecule has 3 aromatic rings. The van der Waals surface area contributed by atoms with Gasteiger partial charge in [0.2, 0.25) is 0 Å². The monoisotopic (exact) mass is 353 g/mol. The maximum absolute atomic E-state index is 12.7. The molecule has 1 N–H and O–H groups in total. The molecule has 0 bridgehead atoms. The Hall–Kier alpha value is -3.13. The van der Waals surface area contributed by atoms with Crippen molar-refractivity contribution in [1.82, 2.24) is 5.32 Å². The van der Waals surface area contributed by atoms with Crippen molar-refractivity contribution in [1.29, 1.82) is 0 Å². The third-order valence-corrected chi connectivity index (χ3v) is 4.94. The Balaban J connectivity index is 1.76. The van der Waals surface area contributed by atoms with Gasteiger partial charge in [0, 0.05) is 28.4 Å². The third kappa shape index (κ3) is 3.70. The summed E-state index contributed by atoms with van der Waals surface area (Å²) in [5, 5.41) is 3.55. The standard InChI is InChI=1S/C25H23NO/c1-25(2)17-21-15-20(18-9-5-3-6-10-18)13-14-22(21)23(26-25)16-24(27)19-11-7-4-8-12-19/h3-16,26H,17H2,1-2H3/b23-16-. The van der Waals surface area contributed by atoms with Crippen molar-refractivity contribution in [2.75, 3.05) is 0 Å². The van der Waals surface area contributed by atoms with Crippen molar-refractivity contribution in [3.63, 3.8) is 0 Å². The molecule has 3 aromatic carbocycles. The van der Waals surface area contributed by atoms with Gasteiger partial charge in [0.1, 0.15) is 0 Å². The average molecular weight is 353 g/mol. The molecule has 2 nitrogen and oxygen atoms in total. The van der Waals surface area contributed by atoms with Gasteiger partial charge in [0.25, 0.3) is 0 Å². The zero-order valence-corrected chi connectivity index (χ0v) is 15.7. The minimum absolute atomic E-state index is 0.0221. The van der Waals surface area contributed by atoms with Gasteiger partial charge >= 0.3 is 0 Å². The molecule has 1 aliphatic rings. The number of carbonyl (C=O) groups excluding carboxylic acids is 1. The Bertz CT molecular complexity index is 1000. The Morgan fingerprint density at radius 1 is 0.889 bits per heavy atom. The quantitative estimate of drug-likeness (QED) is 0.497. The second-order valence-corrected chi connectivity index (χ2v) is 7.71. The molecule has 1 heterocycles. The van der Waals surface area contributed by atoms with Crippen molar-refractivity contribution >= 4 is 11.5 Å². The molecule has 0 unspecified atom stereocenters. The van der Waals surface area contributed by atoms with Crippen molar-refractivity contribution < 1.29 is 4.79 Å². The van der Waals surface area contributed by atoms with Crippen LogP contribution in [0.4, 0.5) is 0 Å². The molecule has 134 valence electrons. The second kappa shape index (κ2) is 6.88. The Labute approximate surface area is 160 Å². The molecule has 0 atom stereocenters. The van der Waals surface area contributed by atoms with Crippen LogP contribution in [0, 0.1) is 0 Å². The molecule has 0 spiro atoms. The predicted octanol–water partition coefficient (Wildman–Crippen LogP) is 5.50. The Morgan fingerprint density at radius 2 is 1.56 bits per heavy atom. The second-order valence-electron chi connectivity index (χ2n) is 7.71. The van der Waals surface area contributed by atoms with Gasteiger partial charge in [-0.3, -0.25) is 4.79 Å². The molecule has 0 saturated carbocycles. The fourth-order valence-electron chi connectivity index (χ4n) is 3.70. The molecular weight excluding hydrogens is 330 g/mol. The van der Waals surface area contributed by atoms with Crippen LogP contribution in [0.3, 0.4) is 0 Å². The summed E-state index contributed by atoms with van der Waals surface area (Å²) in [4.78, 5) is 12.7. The third-order valence-electron chi connectivity index (χ3n) is 4.94. The normalized spacial score (nSPS) is 16.4. The lowest BCUT2D eigenvalue weighted by molar-refractivity contribution is 0.104. The molecule has 0 aliphatic carbocycles. The molecule has 0 aromatic heterocycles. The summed E-state index contributed by atoms with van der Waals surface area (Å²) in [6.45, 7) is 4.35. The number of benzene rings is 3. The van der Waals surface area contributed by atoms with Gasteiger partial charge in [-0.2, -0.15) is 0 Å². The summed E-state index contributed by atoms with van der Waals surface area (Å²) < 4.78 is 0. The van der Waals surface area contributed by atoms with Crippen LogP contribution in [0.2, 0.25) is 0 Å². The van der Waals surface area contributed by atoms with E-state index in [4.69, 9.17) is 0 Å². The Kier molecular flexibility index (Phi) is 4.41. The summed E-state index contributed by atoms with van der Waals surface area (Å²) in [7, 11) is 0. The van der Waals surface area contributed by atoms with Crippen LogP contribution >= 0.6 is 0 Å². The number of carbonyl (C=O) groups is 1. The SMILES string of the molecule is CC1(C)Cc2cc(-c3ccccc3)ccc2/C(=C/C(=O)c2ccccc2)N1. The van der Waals surface area contributed by atoms with E-state index in [0.29, 0.717) is 5.56 Å². The van der Waals surface area contributed by atoms with Crippen molar-refractivity contribution in [3.8, 4) is 11.1 Å². The fraction of sp³-hybridized carbons (Fsp3) is 0.160. The van der Waals surface area contributed by atoms with E-state index in [0.717, 1.165) is 17.7 Å². The zero-order valence-electron chi connectivity index (χ0n) is 15.7. The molecule has 1 aliphatic heterocycles. The van der Waals surface area contributed by atoms with E-state index in [1.807, 2.05) is 36.4 Å². The highest BCUT2D eigenvalue weighted by atomic mass is 16.1. The number of rotatable bonds is 3. The van der Waals surface area contributed by atoms with Gasteiger partial charge in [0.15, 0.2) is 5.78 Å². The van der Waals surface area contributed by atoms with E-state index in [1.54, 1.807) is 6.08 Å². The number of fused-ring (bicyclic) bond motifs is 1. The topological polar surface area (TPSA) is 29.1 Å². The fourth-order valence-corrected chi connectivity index (χ4v) is 3.70. The minimum Gasteiger partial charge on any atom is -0.379 e. The molecule has 0 fully saturated rings. The van der Waals surface area contributed by atoms with Crippen LogP contribution in [0.5, 0.6) is 0 Å². The van der Waals surface area contributed by atoms with Crippen LogP contribution in [0.1, 0.15) is 35.3 Å². The van der Waals surface area contributed by atoms with Crippen LogP contribution in [0.25, 0.3) is 16.8 Å². The first-order valence-electron chi connectivity index (χ1n) is 9.30. The summed E-state index contributed by atoms with van der Waals surface area (Å²) >= 11 is 0. The first-order chi connectivity index (χ1) is 13.0. The highest BCUT2D eigenvalue weighted by Crippen LogP contribution is 2.33. The molecule has 4 rings (SSSR count). The smallest absolute Gasteiger partial charge is 0.187 e. The molecular formula is C25H23NO. The minimum atomic E-state index is -0.106. The lowest BCUT2D eigenvalue weighted by Crippen LogP contribution is -2.43. The number of ketones is 1. The number of allylic oxidation sites excluding steroid dienone is 1. The summed E-state index contributed by atoms with van der Waals surface area (Å²) in [6.07, 6.45) is 2.65. The summed E-state index contributed by atoms with van der Waals surface area (Å²) in [5.74, 6) is 0.0221. The van der Waals surface area contributed by atoms with Crippen molar-refractivity contribution in [3.05, 3.63) is 102 Å². The van der Waals surface area contributed by atoms with Gasteiger partial charge in [0.05, 0.1) is 0 Å². The van der Waals surface area contributed by atoms with Crippen LogP contribution in [-0.2, 0) is 6.42 Å². The molecule has 2 heteroatoms. The van der Waals surface area contributed by atoms with E-state index < -0.39 is 0 Å². The maximum atomic E-state index is 12.7. The zero-order chi connectivity index (χ0) is 18.9. The predicted molar refractivity (Wildman–Crippen MR) is 112 cm³/mol. The van der Waals surface area contributed by atoms with Crippen LogP contribution < -0.4 is 5.32 Å². The van der Waals surface area contributed by atoms with E-state index in [9.17, 15) is 4.79 Å². The molecule has 27 heavy (non-hydrogen) atoms. The van der Waals surface area contributed by atoms with E-state index in [-0.39, 0.29) is 11.3 Å². The largest absolute Gasteiger partial charge is 0.379 e. The van der Waals surface area contributed by atoms with Gasteiger partial charge < -0.3 is 5.32 Å². The van der Waals surface area contributed by atoms with Gasteiger partial charge in [-0.25, -0.2) is 0 Å². The molecule has 0 saturated heterocycles. The number of nitrogens with one attached hydrogen (secondary N) is 1. The lowest BCUT2D eigenvalue weighted by atomic mass is 9.84. The lowest BCUT2D eigenvalue weighted by Gasteiger charge is -2.36. The van der Waals surface area contributed by atoms with E-state index >= 15 is 0 Å². The highest BCUT2D eigenvalue weighted by Gasteiger charge is 2.28. The van der Waals surface area contributed by atoms with Gasteiger partial charge in [-0.05, 0) is 37.0 Å². The molecule has 0 amide bonds. The summed E-state index contributed by atoms with van der Waals surface area (Å²) in [6, 6.07) is 26.3. The molecule has 0 radical (unpaired) electrons. The van der Waals surface area contributed by atoms with Crippen molar-refractivity contribution in [2.45, 2.75) is 25.8 Å².